The Morgan fingerprint density at radius 2 is 1.89 bits per heavy atom. The Hall–Kier alpha value is -0.960. The second kappa shape index (κ2) is 5.58. The molecule has 0 bridgehead atoms. The quantitative estimate of drug-likeness (QED) is 0.875. The third kappa shape index (κ3) is 3.53. The first kappa shape index (κ1) is 14.4. The van der Waals surface area contributed by atoms with Gasteiger partial charge in [-0.3, -0.25) is 0 Å². The fraction of sp³-hybridized carbons (Fsp3) is 0.625. The van der Waals surface area contributed by atoms with Crippen molar-refractivity contribution in [2.45, 2.75) is 52.1 Å². The van der Waals surface area contributed by atoms with Crippen LogP contribution in [0.25, 0.3) is 0 Å². The van der Waals surface area contributed by atoms with Gasteiger partial charge in [0.1, 0.15) is 0 Å². The number of benzene rings is 1. The Labute approximate surface area is 113 Å². The third-order valence-corrected chi connectivity index (χ3v) is 4.39. The summed E-state index contributed by atoms with van der Waals surface area (Å²) in [7, 11) is 0. The van der Waals surface area contributed by atoms with E-state index in [9.17, 15) is 13.9 Å². The minimum absolute atomic E-state index is 0.203. The summed E-state index contributed by atoms with van der Waals surface area (Å²) in [6.07, 6.45) is 3.72. The van der Waals surface area contributed by atoms with Crippen LogP contribution >= 0.6 is 0 Å². The fourth-order valence-electron chi connectivity index (χ4n) is 2.90. The normalized spacial score (nSPS) is 21.3. The van der Waals surface area contributed by atoms with Crippen LogP contribution in [0.5, 0.6) is 0 Å². The Bertz CT molecular complexity index is 432. The molecular formula is C16H22F2O. The molecule has 0 heterocycles. The number of hydrogen-bond acceptors (Lipinski definition) is 1. The summed E-state index contributed by atoms with van der Waals surface area (Å²) >= 11 is 0. The molecule has 3 heteroatoms. The Balaban J connectivity index is 1.98. The lowest BCUT2D eigenvalue weighted by atomic mass is 9.71. The van der Waals surface area contributed by atoms with E-state index in [0.717, 1.165) is 31.7 Å². The van der Waals surface area contributed by atoms with E-state index in [0.29, 0.717) is 5.41 Å². The number of aliphatic hydroxyl groups excluding tert-OH is 1. The van der Waals surface area contributed by atoms with Crippen molar-refractivity contribution < 1.29 is 13.9 Å². The van der Waals surface area contributed by atoms with Crippen LogP contribution in [0.2, 0.25) is 0 Å². The van der Waals surface area contributed by atoms with Gasteiger partial charge in [-0.25, -0.2) is 8.78 Å². The molecule has 1 saturated carbocycles. The molecule has 1 N–H and O–H groups in total. The molecule has 0 amide bonds. The molecular weight excluding hydrogens is 246 g/mol. The van der Waals surface area contributed by atoms with Crippen LogP contribution in [0.1, 0.15) is 45.1 Å². The Kier molecular flexibility index (Phi) is 4.24. The third-order valence-electron chi connectivity index (χ3n) is 4.39. The highest BCUT2D eigenvalue weighted by Crippen LogP contribution is 2.39. The highest BCUT2D eigenvalue weighted by Gasteiger charge is 2.30. The standard InChI is InChI=1S/C16H22F2O/c1-16(2)8-6-11(7-9-16)14(19)10-12-4-3-5-13(17)15(12)18/h3-5,11,14,19H,6-10H2,1-2H3. The van der Waals surface area contributed by atoms with Crippen molar-refractivity contribution in [1.29, 1.82) is 0 Å². The van der Waals surface area contributed by atoms with Crippen LogP contribution < -0.4 is 0 Å². The van der Waals surface area contributed by atoms with Crippen LogP contribution in [0, 0.1) is 23.0 Å². The molecule has 1 atom stereocenters. The smallest absolute Gasteiger partial charge is 0.162 e. The summed E-state index contributed by atoms with van der Waals surface area (Å²) < 4.78 is 26.7. The van der Waals surface area contributed by atoms with Gasteiger partial charge in [-0.15, -0.1) is 0 Å². The minimum Gasteiger partial charge on any atom is -0.392 e. The maximum atomic E-state index is 13.6. The maximum absolute atomic E-state index is 13.6. The van der Waals surface area contributed by atoms with E-state index >= 15 is 0 Å². The number of hydrogen-bond donors (Lipinski definition) is 1. The zero-order chi connectivity index (χ0) is 14.0. The van der Waals surface area contributed by atoms with Crippen LogP contribution in [-0.2, 0) is 6.42 Å². The van der Waals surface area contributed by atoms with E-state index < -0.39 is 17.7 Å². The van der Waals surface area contributed by atoms with Gasteiger partial charge in [0.05, 0.1) is 6.10 Å². The van der Waals surface area contributed by atoms with Crippen molar-refractivity contribution in [3.8, 4) is 0 Å². The van der Waals surface area contributed by atoms with Crippen LogP contribution in [0.15, 0.2) is 18.2 Å². The molecule has 1 aromatic rings. The van der Waals surface area contributed by atoms with Crippen molar-refractivity contribution in [3.63, 3.8) is 0 Å². The zero-order valence-electron chi connectivity index (χ0n) is 11.6. The highest BCUT2D eigenvalue weighted by molar-refractivity contribution is 5.19. The molecule has 0 aromatic heterocycles. The molecule has 1 aliphatic carbocycles. The summed E-state index contributed by atoms with van der Waals surface area (Å²) in [5.41, 5.74) is 0.623. The molecule has 1 unspecified atom stereocenters. The number of halogens is 2. The summed E-state index contributed by atoms with van der Waals surface area (Å²) in [5.74, 6) is -1.46. The first-order valence-corrected chi connectivity index (χ1v) is 7.00. The molecule has 0 spiro atoms. The van der Waals surface area contributed by atoms with E-state index in [1.165, 1.54) is 6.07 Å². The second-order valence-corrected chi connectivity index (χ2v) is 6.49. The van der Waals surface area contributed by atoms with E-state index in [4.69, 9.17) is 0 Å². The molecule has 19 heavy (non-hydrogen) atoms. The first-order chi connectivity index (χ1) is 8.89. The van der Waals surface area contributed by atoms with Crippen LogP contribution in [0.4, 0.5) is 8.78 Å². The molecule has 0 aliphatic heterocycles. The molecule has 1 aromatic carbocycles. The molecule has 1 aliphatic rings. The molecule has 106 valence electrons. The SMILES string of the molecule is CC1(C)CCC(C(O)Cc2cccc(F)c2F)CC1. The first-order valence-electron chi connectivity index (χ1n) is 7.00. The van der Waals surface area contributed by atoms with Crippen molar-refractivity contribution in [3.05, 3.63) is 35.4 Å². The van der Waals surface area contributed by atoms with Crippen molar-refractivity contribution in [1.82, 2.24) is 0 Å². The lowest BCUT2D eigenvalue weighted by Gasteiger charge is -2.36. The zero-order valence-corrected chi connectivity index (χ0v) is 11.6. The molecule has 1 fully saturated rings. The predicted molar refractivity (Wildman–Crippen MR) is 71.8 cm³/mol. The number of rotatable bonds is 3. The molecule has 0 saturated heterocycles. The summed E-state index contributed by atoms with van der Waals surface area (Å²) in [6, 6.07) is 4.15. The van der Waals surface area contributed by atoms with Crippen LogP contribution in [0.3, 0.4) is 0 Å². The van der Waals surface area contributed by atoms with Crippen molar-refractivity contribution in [2.24, 2.45) is 11.3 Å². The summed E-state index contributed by atoms with van der Waals surface area (Å²) in [6.45, 7) is 4.48. The average Bonchev–Trinajstić information content (AvgIpc) is 2.35. The van der Waals surface area contributed by atoms with Gasteiger partial charge in [-0.05, 0) is 48.6 Å². The van der Waals surface area contributed by atoms with Gasteiger partial charge in [0.2, 0.25) is 0 Å². The average molecular weight is 268 g/mol. The summed E-state index contributed by atoms with van der Waals surface area (Å²) in [4.78, 5) is 0. The topological polar surface area (TPSA) is 20.2 Å². The predicted octanol–water partition coefficient (Wildman–Crippen LogP) is 4.08. The van der Waals surface area contributed by atoms with Gasteiger partial charge in [0, 0.05) is 6.42 Å². The maximum Gasteiger partial charge on any atom is 0.162 e. The van der Waals surface area contributed by atoms with Gasteiger partial charge in [0.15, 0.2) is 11.6 Å². The molecule has 1 nitrogen and oxygen atoms in total. The van der Waals surface area contributed by atoms with Gasteiger partial charge in [-0.2, -0.15) is 0 Å². The second-order valence-electron chi connectivity index (χ2n) is 6.49. The summed E-state index contributed by atoms with van der Waals surface area (Å²) in [5, 5.41) is 10.2. The Morgan fingerprint density at radius 3 is 2.53 bits per heavy atom. The number of aliphatic hydroxyl groups is 1. The molecule has 0 radical (unpaired) electrons. The minimum atomic E-state index is -0.838. The largest absolute Gasteiger partial charge is 0.392 e. The van der Waals surface area contributed by atoms with E-state index in [-0.39, 0.29) is 17.9 Å². The van der Waals surface area contributed by atoms with Gasteiger partial charge in [0.25, 0.3) is 0 Å². The van der Waals surface area contributed by atoms with E-state index in [2.05, 4.69) is 13.8 Å². The van der Waals surface area contributed by atoms with E-state index in [1.807, 2.05) is 0 Å². The van der Waals surface area contributed by atoms with Gasteiger partial charge in [-0.1, -0.05) is 26.0 Å². The highest BCUT2D eigenvalue weighted by atomic mass is 19.2. The lowest BCUT2D eigenvalue weighted by molar-refractivity contribution is 0.0570. The Morgan fingerprint density at radius 1 is 1.26 bits per heavy atom. The van der Waals surface area contributed by atoms with E-state index in [1.54, 1.807) is 6.07 Å². The van der Waals surface area contributed by atoms with Gasteiger partial charge < -0.3 is 5.11 Å². The van der Waals surface area contributed by atoms with Crippen molar-refractivity contribution in [2.75, 3.05) is 0 Å². The monoisotopic (exact) mass is 268 g/mol. The van der Waals surface area contributed by atoms with Crippen LogP contribution in [-0.4, -0.2) is 11.2 Å². The van der Waals surface area contributed by atoms with Gasteiger partial charge >= 0.3 is 0 Å². The van der Waals surface area contributed by atoms with Crippen molar-refractivity contribution >= 4 is 0 Å². The lowest BCUT2D eigenvalue weighted by Crippen LogP contribution is -2.30. The fourth-order valence-corrected chi connectivity index (χ4v) is 2.90. The molecule has 2 rings (SSSR count).